The average Bonchev–Trinajstić information content (AvgIpc) is 2.12. The van der Waals surface area contributed by atoms with E-state index >= 15 is 0 Å². The molecule has 0 heterocycles. The molecule has 0 saturated carbocycles. The van der Waals surface area contributed by atoms with Crippen molar-refractivity contribution < 1.29 is 5.11 Å². The maximum atomic E-state index is 9.86. The highest BCUT2D eigenvalue weighted by Gasteiger charge is 2.22. The Hall–Kier alpha value is -0.340. The number of hydrogen-bond acceptors (Lipinski definition) is 2. The zero-order chi connectivity index (χ0) is 12.1. The molecule has 0 fully saturated rings. The molecular formula is C13H27NO. The van der Waals surface area contributed by atoms with Crippen molar-refractivity contribution in [2.24, 2.45) is 11.3 Å². The molecule has 0 radical (unpaired) electrons. The summed E-state index contributed by atoms with van der Waals surface area (Å²) in [6.45, 7) is 14.9. The molecule has 0 aliphatic carbocycles. The first kappa shape index (κ1) is 14.7. The number of allylic oxidation sites excluding steroid dienone is 1. The van der Waals surface area contributed by atoms with Gasteiger partial charge in [-0.25, -0.2) is 0 Å². The summed E-state index contributed by atoms with van der Waals surface area (Å²) in [5.74, 6) is 0.565. The minimum Gasteiger partial charge on any atom is -0.391 e. The second-order valence-electron chi connectivity index (χ2n) is 5.58. The number of aliphatic hydroxyl groups is 1. The predicted molar refractivity (Wildman–Crippen MR) is 66.9 cm³/mol. The average molecular weight is 213 g/mol. The molecule has 0 aromatic heterocycles. The Morgan fingerprint density at radius 1 is 1.33 bits per heavy atom. The molecule has 3 unspecified atom stereocenters. The fraction of sp³-hybridized carbons (Fsp3) is 0.846. The third-order valence-electron chi connectivity index (χ3n) is 3.02. The standard InChI is InChI=1S/C13H27NO/c1-7-8-10(2)11(3)14-9-12(15)13(4,5)6/h7,10-12,14-15H,1,8-9H2,2-6H3. The van der Waals surface area contributed by atoms with E-state index in [0.29, 0.717) is 18.5 Å². The first-order chi connectivity index (χ1) is 6.79. The van der Waals surface area contributed by atoms with Gasteiger partial charge in [0.25, 0.3) is 0 Å². The van der Waals surface area contributed by atoms with E-state index in [1.165, 1.54) is 0 Å². The Kier molecular flexibility index (Phi) is 6.15. The molecule has 0 amide bonds. The summed E-state index contributed by atoms with van der Waals surface area (Å²) in [7, 11) is 0. The van der Waals surface area contributed by atoms with Crippen LogP contribution in [0, 0.1) is 11.3 Å². The second-order valence-corrected chi connectivity index (χ2v) is 5.58. The van der Waals surface area contributed by atoms with E-state index in [0.717, 1.165) is 6.42 Å². The number of hydrogen-bond donors (Lipinski definition) is 2. The summed E-state index contributed by atoms with van der Waals surface area (Å²) in [6.07, 6.45) is 2.67. The molecule has 0 aliphatic heterocycles. The number of rotatable bonds is 6. The summed E-state index contributed by atoms with van der Waals surface area (Å²) >= 11 is 0. The lowest BCUT2D eigenvalue weighted by Gasteiger charge is -2.29. The summed E-state index contributed by atoms with van der Waals surface area (Å²) in [5.41, 5.74) is -0.0472. The van der Waals surface area contributed by atoms with E-state index in [9.17, 15) is 5.11 Å². The van der Waals surface area contributed by atoms with E-state index in [4.69, 9.17) is 0 Å². The molecule has 2 N–H and O–H groups in total. The third kappa shape index (κ3) is 5.95. The predicted octanol–water partition coefficient (Wildman–Crippen LogP) is 2.58. The highest BCUT2D eigenvalue weighted by Crippen LogP contribution is 2.18. The van der Waals surface area contributed by atoms with Crippen molar-refractivity contribution in [3.8, 4) is 0 Å². The quantitative estimate of drug-likeness (QED) is 0.665. The van der Waals surface area contributed by atoms with Gasteiger partial charge >= 0.3 is 0 Å². The van der Waals surface area contributed by atoms with E-state index in [2.05, 4.69) is 46.5 Å². The first-order valence-electron chi connectivity index (χ1n) is 5.81. The zero-order valence-corrected chi connectivity index (χ0v) is 10.9. The Balaban J connectivity index is 3.89. The zero-order valence-electron chi connectivity index (χ0n) is 10.9. The van der Waals surface area contributed by atoms with Crippen LogP contribution in [-0.2, 0) is 0 Å². The van der Waals surface area contributed by atoms with Crippen molar-refractivity contribution in [2.45, 2.75) is 53.2 Å². The lowest BCUT2D eigenvalue weighted by atomic mass is 9.88. The summed E-state index contributed by atoms with van der Waals surface area (Å²) < 4.78 is 0. The molecule has 0 aromatic carbocycles. The van der Waals surface area contributed by atoms with Crippen molar-refractivity contribution in [1.29, 1.82) is 0 Å². The van der Waals surface area contributed by atoms with Crippen molar-refractivity contribution in [1.82, 2.24) is 5.32 Å². The number of aliphatic hydroxyl groups excluding tert-OH is 1. The van der Waals surface area contributed by atoms with Crippen molar-refractivity contribution >= 4 is 0 Å². The molecule has 2 nitrogen and oxygen atoms in total. The Morgan fingerprint density at radius 3 is 2.27 bits per heavy atom. The molecule has 15 heavy (non-hydrogen) atoms. The SMILES string of the molecule is C=CCC(C)C(C)NCC(O)C(C)(C)C. The van der Waals surface area contributed by atoms with Crippen LogP contribution in [0.5, 0.6) is 0 Å². The maximum Gasteiger partial charge on any atom is 0.0712 e. The maximum absolute atomic E-state index is 9.86. The van der Waals surface area contributed by atoms with Gasteiger partial charge in [-0.3, -0.25) is 0 Å². The molecule has 2 heteroatoms. The largest absolute Gasteiger partial charge is 0.391 e. The van der Waals surface area contributed by atoms with E-state index in [1.807, 2.05) is 6.08 Å². The van der Waals surface area contributed by atoms with Gasteiger partial charge in [0.15, 0.2) is 0 Å². The number of nitrogens with one attached hydrogen (secondary N) is 1. The van der Waals surface area contributed by atoms with Crippen LogP contribution in [0.15, 0.2) is 12.7 Å². The molecule has 0 saturated heterocycles. The van der Waals surface area contributed by atoms with Gasteiger partial charge < -0.3 is 10.4 Å². The van der Waals surface area contributed by atoms with Gasteiger partial charge in [-0.05, 0) is 24.7 Å². The molecule has 0 aromatic rings. The fourth-order valence-corrected chi connectivity index (χ4v) is 1.27. The van der Waals surface area contributed by atoms with Gasteiger partial charge in [0.05, 0.1) is 6.10 Å². The summed E-state index contributed by atoms with van der Waals surface area (Å²) in [4.78, 5) is 0. The first-order valence-corrected chi connectivity index (χ1v) is 5.81. The van der Waals surface area contributed by atoms with Crippen LogP contribution in [0.25, 0.3) is 0 Å². The third-order valence-corrected chi connectivity index (χ3v) is 3.02. The van der Waals surface area contributed by atoms with E-state index in [1.54, 1.807) is 0 Å². The molecule has 90 valence electrons. The monoisotopic (exact) mass is 213 g/mol. The van der Waals surface area contributed by atoms with Gasteiger partial charge in [-0.2, -0.15) is 0 Å². The Labute approximate surface area is 94.8 Å². The normalized spacial score (nSPS) is 18.3. The lowest BCUT2D eigenvalue weighted by Crippen LogP contribution is -2.42. The van der Waals surface area contributed by atoms with Crippen LogP contribution in [0.1, 0.15) is 41.0 Å². The van der Waals surface area contributed by atoms with Crippen LogP contribution in [0.2, 0.25) is 0 Å². The minimum atomic E-state index is -0.295. The smallest absolute Gasteiger partial charge is 0.0712 e. The van der Waals surface area contributed by atoms with Gasteiger partial charge in [0.2, 0.25) is 0 Å². The minimum absolute atomic E-state index is 0.0472. The van der Waals surface area contributed by atoms with Gasteiger partial charge in [0.1, 0.15) is 0 Å². The molecule has 3 atom stereocenters. The topological polar surface area (TPSA) is 32.3 Å². The highest BCUT2D eigenvalue weighted by atomic mass is 16.3. The van der Waals surface area contributed by atoms with Crippen molar-refractivity contribution in [2.75, 3.05) is 6.54 Å². The molecule has 0 spiro atoms. The molecule has 0 rings (SSSR count). The van der Waals surface area contributed by atoms with Gasteiger partial charge in [0, 0.05) is 12.6 Å². The fourth-order valence-electron chi connectivity index (χ4n) is 1.27. The van der Waals surface area contributed by atoms with Crippen LogP contribution in [-0.4, -0.2) is 23.8 Å². The second kappa shape index (κ2) is 6.29. The van der Waals surface area contributed by atoms with Crippen molar-refractivity contribution in [3.63, 3.8) is 0 Å². The Morgan fingerprint density at radius 2 is 1.87 bits per heavy atom. The summed E-state index contributed by atoms with van der Waals surface area (Å²) in [5, 5.41) is 13.2. The highest BCUT2D eigenvalue weighted by molar-refractivity contribution is 4.80. The molecule has 0 bridgehead atoms. The van der Waals surface area contributed by atoms with Crippen molar-refractivity contribution in [3.05, 3.63) is 12.7 Å². The van der Waals surface area contributed by atoms with Gasteiger partial charge in [-0.15, -0.1) is 6.58 Å². The molecular weight excluding hydrogens is 186 g/mol. The Bertz CT molecular complexity index is 183. The molecule has 0 aliphatic rings. The van der Waals surface area contributed by atoms with Crippen LogP contribution in [0.4, 0.5) is 0 Å². The lowest BCUT2D eigenvalue weighted by molar-refractivity contribution is 0.0593. The van der Waals surface area contributed by atoms with Crippen LogP contribution < -0.4 is 5.32 Å². The van der Waals surface area contributed by atoms with E-state index < -0.39 is 0 Å². The summed E-state index contributed by atoms with van der Waals surface area (Å²) in [6, 6.07) is 0.417. The van der Waals surface area contributed by atoms with Crippen LogP contribution >= 0.6 is 0 Å². The van der Waals surface area contributed by atoms with E-state index in [-0.39, 0.29) is 11.5 Å². The van der Waals surface area contributed by atoms with Crippen LogP contribution in [0.3, 0.4) is 0 Å². The van der Waals surface area contributed by atoms with Gasteiger partial charge in [-0.1, -0.05) is 33.8 Å².